The van der Waals surface area contributed by atoms with Crippen molar-refractivity contribution in [2.24, 2.45) is 0 Å². The third-order valence-electron chi connectivity index (χ3n) is 2.02. The van der Waals surface area contributed by atoms with Crippen molar-refractivity contribution in [3.05, 3.63) is 23.9 Å². The molecule has 0 aliphatic rings. The number of pyridine rings is 1. The SMILES string of the molecule is Cc1cccnc1NCCCNS(C)(=O)=O. The highest BCUT2D eigenvalue weighted by atomic mass is 32.2. The number of hydrogen-bond acceptors (Lipinski definition) is 4. The van der Waals surface area contributed by atoms with Gasteiger partial charge in [-0.25, -0.2) is 18.1 Å². The number of sulfonamides is 1. The molecule has 0 amide bonds. The van der Waals surface area contributed by atoms with E-state index in [2.05, 4.69) is 15.0 Å². The summed E-state index contributed by atoms with van der Waals surface area (Å²) in [7, 11) is -3.07. The molecule has 0 aromatic carbocycles. The third-order valence-corrected chi connectivity index (χ3v) is 2.75. The summed E-state index contributed by atoms with van der Waals surface area (Å²) >= 11 is 0. The molecule has 90 valence electrons. The summed E-state index contributed by atoms with van der Waals surface area (Å²) in [5.41, 5.74) is 1.08. The molecule has 0 aliphatic carbocycles. The van der Waals surface area contributed by atoms with Crippen LogP contribution in [-0.4, -0.2) is 32.7 Å². The highest BCUT2D eigenvalue weighted by molar-refractivity contribution is 7.88. The van der Waals surface area contributed by atoms with Gasteiger partial charge < -0.3 is 5.32 Å². The highest BCUT2D eigenvalue weighted by Crippen LogP contribution is 2.08. The molecular weight excluding hydrogens is 226 g/mol. The van der Waals surface area contributed by atoms with Crippen LogP contribution in [0.15, 0.2) is 18.3 Å². The maximum atomic E-state index is 10.8. The molecule has 0 bridgehead atoms. The van der Waals surface area contributed by atoms with E-state index in [0.29, 0.717) is 13.1 Å². The second-order valence-corrected chi connectivity index (χ2v) is 5.45. The van der Waals surface area contributed by atoms with Crippen LogP contribution in [0.2, 0.25) is 0 Å². The first-order chi connectivity index (χ1) is 7.49. The highest BCUT2D eigenvalue weighted by Gasteiger charge is 1.99. The lowest BCUT2D eigenvalue weighted by atomic mass is 10.3. The van der Waals surface area contributed by atoms with Gasteiger partial charge in [0.25, 0.3) is 0 Å². The fourth-order valence-corrected chi connectivity index (χ4v) is 1.74. The van der Waals surface area contributed by atoms with Crippen LogP contribution in [0.3, 0.4) is 0 Å². The quantitative estimate of drug-likeness (QED) is 0.723. The van der Waals surface area contributed by atoms with Gasteiger partial charge in [-0.15, -0.1) is 0 Å². The van der Waals surface area contributed by atoms with E-state index in [1.54, 1.807) is 6.20 Å². The smallest absolute Gasteiger partial charge is 0.208 e. The van der Waals surface area contributed by atoms with E-state index in [0.717, 1.165) is 24.1 Å². The Labute approximate surface area is 96.3 Å². The van der Waals surface area contributed by atoms with Crippen molar-refractivity contribution in [2.45, 2.75) is 13.3 Å². The molecule has 2 N–H and O–H groups in total. The second-order valence-electron chi connectivity index (χ2n) is 3.62. The molecule has 1 aromatic heterocycles. The van der Waals surface area contributed by atoms with Gasteiger partial charge in [0, 0.05) is 19.3 Å². The number of aryl methyl sites for hydroxylation is 1. The first-order valence-electron chi connectivity index (χ1n) is 5.09. The van der Waals surface area contributed by atoms with Gasteiger partial charge in [0.1, 0.15) is 5.82 Å². The standard InChI is InChI=1S/C10H17N3O2S/c1-9-5-3-6-11-10(9)12-7-4-8-13-16(2,14)15/h3,5-6,13H,4,7-8H2,1-2H3,(H,11,12). The minimum atomic E-state index is -3.07. The van der Waals surface area contributed by atoms with Crippen molar-refractivity contribution < 1.29 is 8.42 Å². The summed E-state index contributed by atoms with van der Waals surface area (Å²) in [4.78, 5) is 4.17. The Balaban J connectivity index is 2.24. The normalized spacial score (nSPS) is 11.4. The fourth-order valence-electron chi connectivity index (χ4n) is 1.22. The van der Waals surface area contributed by atoms with Crippen molar-refractivity contribution in [2.75, 3.05) is 24.7 Å². The molecule has 0 saturated carbocycles. The lowest BCUT2D eigenvalue weighted by molar-refractivity contribution is 0.586. The number of rotatable bonds is 6. The van der Waals surface area contributed by atoms with Gasteiger partial charge in [0.15, 0.2) is 0 Å². The molecule has 6 heteroatoms. The second kappa shape index (κ2) is 5.81. The molecule has 16 heavy (non-hydrogen) atoms. The maximum Gasteiger partial charge on any atom is 0.208 e. The molecule has 0 saturated heterocycles. The lowest BCUT2D eigenvalue weighted by Gasteiger charge is -2.07. The summed E-state index contributed by atoms with van der Waals surface area (Å²) in [5, 5.41) is 3.15. The first kappa shape index (κ1) is 12.9. The molecule has 1 aromatic rings. The van der Waals surface area contributed by atoms with E-state index in [1.165, 1.54) is 0 Å². The van der Waals surface area contributed by atoms with E-state index in [9.17, 15) is 8.42 Å². The van der Waals surface area contributed by atoms with Crippen LogP contribution in [-0.2, 0) is 10.0 Å². The van der Waals surface area contributed by atoms with Crippen molar-refractivity contribution in [1.29, 1.82) is 0 Å². The number of nitrogens with zero attached hydrogens (tertiary/aromatic N) is 1. The number of aromatic nitrogens is 1. The van der Waals surface area contributed by atoms with Crippen molar-refractivity contribution in [3.8, 4) is 0 Å². The fraction of sp³-hybridized carbons (Fsp3) is 0.500. The Hall–Kier alpha value is -1.14. The monoisotopic (exact) mass is 243 g/mol. The predicted molar refractivity (Wildman–Crippen MR) is 64.9 cm³/mol. The van der Waals surface area contributed by atoms with Gasteiger partial charge in [0.2, 0.25) is 10.0 Å². The van der Waals surface area contributed by atoms with Crippen LogP contribution in [0.4, 0.5) is 5.82 Å². The van der Waals surface area contributed by atoms with Crippen LogP contribution in [0, 0.1) is 6.92 Å². The van der Waals surface area contributed by atoms with E-state index >= 15 is 0 Å². The van der Waals surface area contributed by atoms with Gasteiger partial charge in [0.05, 0.1) is 6.26 Å². The summed E-state index contributed by atoms with van der Waals surface area (Å²) in [6.45, 7) is 3.11. The maximum absolute atomic E-state index is 10.8. The Morgan fingerprint density at radius 3 is 2.75 bits per heavy atom. The van der Waals surface area contributed by atoms with E-state index in [-0.39, 0.29) is 0 Å². The average molecular weight is 243 g/mol. The molecule has 0 spiro atoms. The van der Waals surface area contributed by atoms with Crippen LogP contribution in [0.25, 0.3) is 0 Å². The molecule has 0 unspecified atom stereocenters. The van der Waals surface area contributed by atoms with Gasteiger partial charge in [-0.2, -0.15) is 0 Å². The van der Waals surface area contributed by atoms with Crippen molar-refractivity contribution in [1.82, 2.24) is 9.71 Å². The van der Waals surface area contributed by atoms with E-state index in [1.807, 2.05) is 19.1 Å². The Kier molecular flexibility index (Phi) is 4.70. The Morgan fingerprint density at radius 2 is 2.12 bits per heavy atom. The number of hydrogen-bond donors (Lipinski definition) is 2. The summed E-state index contributed by atoms with van der Waals surface area (Å²) in [6.07, 6.45) is 3.61. The zero-order chi connectivity index (χ0) is 12.0. The number of nitrogens with one attached hydrogen (secondary N) is 2. The summed E-state index contributed by atoms with van der Waals surface area (Å²) < 4.78 is 24.0. The summed E-state index contributed by atoms with van der Waals surface area (Å²) in [6, 6.07) is 3.86. The zero-order valence-electron chi connectivity index (χ0n) is 9.53. The Morgan fingerprint density at radius 1 is 1.38 bits per heavy atom. The molecule has 5 nitrogen and oxygen atoms in total. The van der Waals surface area contributed by atoms with Gasteiger partial charge in [-0.05, 0) is 25.0 Å². The largest absolute Gasteiger partial charge is 0.370 e. The molecule has 1 heterocycles. The first-order valence-corrected chi connectivity index (χ1v) is 6.98. The lowest BCUT2D eigenvalue weighted by Crippen LogP contribution is -2.24. The molecule has 1 rings (SSSR count). The minimum absolute atomic E-state index is 0.442. The molecular formula is C10H17N3O2S. The minimum Gasteiger partial charge on any atom is -0.370 e. The van der Waals surface area contributed by atoms with Crippen LogP contribution in [0.1, 0.15) is 12.0 Å². The zero-order valence-corrected chi connectivity index (χ0v) is 10.3. The van der Waals surface area contributed by atoms with E-state index < -0.39 is 10.0 Å². The number of anilines is 1. The topological polar surface area (TPSA) is 71.1 Å². The molecule has 0 radical (unpaired) electrons. The van der Waals surface area contributed by atoms with Crippen molar-refractivity contribution in [3.63, 3.8) is 0 Å². The Bertz CT molecular complexity index is 431. The van der Waals surface area contributed by atoms with Gasteiger partial charge in [-0.1, -0.05) is 6.07 Å². The van der Waals surface area contributed by atoms with Gasteiger partial charge >= 0.3 is 0 Å². The van der Waals surface area contributed by atoms with Crippen LogP contribution >= 0.6 is 0 Å². The van der Waals surface area contributed by atoms with E-state index in [4.69, 9.17) is 0 Å². The molecule has 0 atom stereocenters. The average Bonchev–Trinajstić information content (AvgIpc) is 2.18. The van der Waals surface area contributed by atoms with Crippen LogP contribution < -0.4 is 10.0 Å². The van der Waals surface area contributed by atoms with Gasteiger partial charge in [-0.3, -0.25) is 0 Å². The van der Waals surface area contributed by atoms with Crippen LogP contribution in [0.5, 0.6) is 0 Å². The summed E-state index contributed by atoms with van der Waals surface area (Å²) in [5.74, 6) is 0.849. The molecule has 0 fully saturated rings. The van der Waals surface area contributed by atoms with Crippen molar-refractivity contribution >= 4 is 15.8 Å². The molecule has 0 aliphatic heterocycles. The predicted octanol–water partition coefficient (Wildman–Crippen LogP) is 0.741. The third kappa shape index (κ3) is 5.09.